The second-order valence-electron chi connectivity index (χ2n) is 5.81. The Balaban J connectivity index is 1.61. The second kappa shape index (κ2) is 10.00. The predicted octanol–water partition coefficient (Wildman–Crippen LogP) is 4.76. The SMILES string of the molecule is CCn1c(SCC(=O)NN=Cc2cc(Br)ccc2F)nnc1-c1ccc(Cl)cc1. The molecule has 1 heterocycles. The van der Waals surface area contributed by atoms with Crippen molar-refractivity contribution in [2.24, 2.45) is 5.10 Å². The minimum atomic E-state index is -0.425. The Morgan fingerprint density at radius 1 is 1.31 bits per heavy atom. The first kappa shape index (κ1) is 21.5. The van der Waals surface area contributed by atoms with Crippen LogP contribution >= 0.6 is 39.3 Å². The maximum atomic E-state index is 13.7. The van der Waals surface area contributed by atoms with Gasteiger partial charge in [-0.25, -0.2) is 9.82 Å². The third-order valence-corrected chi connectivity index (χ3v) is 5.53. The first-order valence-corrected chi connectivity index (χ1v) is 10.7. The highest BCUT2D eigenvalue weighted by atomic mass is 79.9. The lowest BCUT2D eigenvalue weighted by atomic mass is 10.2. The molecule has 0 aliphatic carbocycles. The number of thioether (sulfide) groups is 1. The summed E-state index contributed by atoms with van der Waals surface area (Å²) in [5.74, 6) is 0.0405. The van der Waals surface area contributed by atoms with Gasteiger partial charge in [0.2, 0.25) is 0 Å². The Morgan fingerprint density at radius 3 is 2.79 bits per heavy atom. The number of halogens is 3. The van der Waals surface area contributed by atoms with Crippen molar-refractivity contribution in [2.75, 3.05) is 5.75 Å². The molecular formula is C19H16BrClFN5OS. The third-order valence-electron chi connectivity index (χ3n) is 3.82. The number of carbonyl (C=O) groups excluding carboxylic acids is 1. The number of hydrazone groups is 1. The minimum Gasteiger partial charge on any atom is -0.302 e. The van der Waals surface area contributed by atoms with E-state index in [9.17, 15) is 9.18 Å². The van der Waals surface area contributed by atoms with Crippen molar-refractivity contribution in [1.29, 1.82) is 0 Å². The average molecular weight is 497 g/mol. The molecule has 0 saturated carbocycles. The minimum absolute atomic E-state index is 0.0943. The summed E-state index contributed by atoms with van der Waals surface area (Å²) >= 11 is 10.4. The third kappa shape index (κ3) is 5.65. The van der Waals surface area contributed by atoms with E-state index in [2.05, 4.69) is 36.7 Å². The number of nitrogens with one attached hydrogen (secondary N) is 1. The Hall–Kier alpha value is -2.23. The van der Waals surface area contributed by atoms with E-state index in [0.717, 1.165) is 10.0 Å². The molecule has 0 fully saturated rings. The lowest BCUT2D eigenvalue weighted by Gasteiger charge is -2.07. The summed E-state index contributed by atoms with van der Waals surface area (Å²) in [5, 5.41) is 13.5. The highest BCUT2D eigenvalue weighted by molar-refractivity contribution is 9.10. The fourth-order valence-electron chi connectivity index (χ4n) is 2.44. The molecule has 1 N–H and O–H groups in total. The number of nitrogens with zero attached hydrogens (tertiary/aromatic N) is 4. The quantitative estimate of drug-likeness (QED) is 0.291. The summed E-state index contributed by atoms with van der Waals surface area (Å²) in [6.07, 6.45) is 1.26. The van der Waals surface area contributed by atoms with Gasteiger partial charge in [0.1, 0.15) is 5.82 Å². The fraction of sp³-hybridized carbons (Fsp3) is 0.158. The van der Waals surface area contributed by atoms with E-state index < -0.39 is 5.82 Å². The van der Waals surface area contributed by atoms with Gasteiger partial charge in [-0.15, -0.1) is 10.2 Å². The maximum absolute atomic E-state index is 13.7. The molecule has 6 nitrogen and oxygen atoms in total. The molecule has 3 rings (SSSR count). The molecule has 0 radical (unpaired) electrons. The molecule has 2 aromatic carbocycles. The lowest BCUT2D eigenvalue weighted by molar-refractivity contribution is -0.118. The van der Waals surface area contributed by atoms with E-state index >= 15 is 0 Å². The standard InChI is InChI=1S/C19H16BrClFN5OS/c1-2-27-18(12-3-6-15(21)7-4-12)25-26-19(27)29-11-17(28)24-23-10-13-9-14(20)5-8-16(13)22/h3-10H,2,11H2,1H3,(H,24,28). The second-order valence-corrected chi connectivity index (χ2v) is 8.10. The molecule has 150 valence electrons. The van der Waals surface area contributed by atoms with Gasteiger partial charge in [-0.3, -0.25) is 4.79 Å². The molecule has 1 aromatic heterocycles. The van der Waals surface area contributed by atoms with E-state index in [0.29, 0.717) is 22.5 Å². The highest BCUT2D eigenvalue weighted by Crippen LogP contribution is 2.25. The average Bonchev–Trinajstić information content (AvgIpc) is 3.12. The molecule has 29 heavy (non-hydrogen) atoms. The molecule has 10 heteroatoms. The number of rotatable bonds is 7. The van der Waals surface area contributed by atoms with Gasteiger partial charge in [0.15, 0.2) is 11.0 Å². The van der Waals surface area contributed by atoms with Gasteiger partial charge in [-0.1, -0.05) is 39.3 Å². The van der Waals surface area contributed by atoms with Crippen LogP contribution in [-0.2, 0) is 11.3 Å². The highest BCUT2D eigenvalue weighted by Gasteiger charge is 2.14. The first-order valence-electron chi connectivity index (χ1n) is 8.57. The van der Waals surface area contributed by atoms with Crippen LogP contribution in [0.4, 0.5) is 4.39 Å². The molecule has 3 aromatic rings. The van der Waals surface area contributed by atoms with Crippen LogP contribution in [0.5, 0.6) is 0 Å². The molecule has 0 atom stereocenters. The van der Waals surface area contributed by atoms with Crippen LogP contribution in [0.25, 0.3) is 11.4 Å². The van der Waals surface area contributed by atoms with Crippen LogP contribution in [0.1, 0.15) is 12.5 Å². The smallest absolute Gasteiger partial charge is 0.250 e. The van der Waals surface area contributed by atoms with Crippen molar-refractivity contribution in [3.63, 3.8) is 0 Å². The molecule has 0 bridgehead atoms. The number of carbonyl (C=O) groups is 1. The van der Waals surface area contributed by atoms with E-state index in [1.54, 1.807) is 24.3 Å². The van der Waals surface area contributed by atoms with Crippen molar-refractivity contribution in [3.05, 3.63) is 63.3 Å². The predicted molar refractivity (Wildman–Crippen MR) is 117 cm³/mol. The topological polar surface area (TPSA) is 72.2 Å². The van der Waals surface area contributed by atoms with Crippen LogP contribution in [0.15, 0.2) is 57.2 Å². The molecule has 0 spiro atoms. The van der Waals surface area contributed by atoms with Crippen LogP contribution in [0.2, 0.25) is 5.02 Å². The van der Waals surface area contributed by atoms with Crippen LogP contribution in [0, 0.1) is 5.82 Å². The van der Waals surface area contributed by atoms with Crippen LogP contribution in [0.3, 0.4) is 0 Å². The normalized spacial score (nSPS) is 11.2. The summed E-state index contributed by atoms with van der Waals surface area (Å²) in [6.45, 7) is 2.62. The fourth-order valence-corrected chi connectivity index (χ4v) is 3.74. The zero-order valence-corrected chi connectivity index (χ0v) is 18.4. The van der Waals surface area contributed by atoms with E-state index in [1.165, 1.54) is 24.0 Å². The Morgan fingerprint density at radius 2 is 2.07 bits per heavy atom. The van der Waals surface area contributed by atoms with Gasteiger partial charge in [0.05, 0.1) is 12.0 Å². The summed E-state index contributed by atoms with van der Waals surface area (Å²) in [7, 11) is 0. The number of aromatic nitrogens is 3. The van der Waals surface area contributed by atoms with Crippen molar-refractivity contribution in [3.8, 4) is 11.4 Å². The van der Waals surface area contributed by atoms with E-state index in [-0.39, 0.29) is 17.2 Å². The largest absolute Gasteiger partial charge is 0.302 e. The molecule has 0 saturated heterocycles. The van der Waals surface area contributed by atoms with Crippen molar-refractivity contribution in [1.82, 2.24) is 20.2 Å². The van der Waals surface area contributed by atoms with E-state index in [4.69, 9.17) is 11.6 Å². The van der Waals surface area contributed by atoms with Crippen molar-refractivity contribution < 1.29 is 9.18 Å². The van der Waals surface area contributed by atoms with Gasteiger partial charge in [-0.05, 0) is 49.4 Å². The van der Waals surface area contributed by atoms with Gasteiger partial charge in [0, 0.05) is 27.2 Å². The van der Waals surface area contributed by atoms with Gasteiger partial charge >= 0.3 is 0 Å². The first-order chi connectivity index (χ1) is 14.0. The molecular weight excluding hydrogens is 481 g/mol. The summed E-state index contributed by atoms with van der Waals surface area (Å²) < 4.78 is 16.3. The number of hydrogen-bond acceptors (Lipinski definition) is 5. The summed E-state index contributed by atoms with van der Waals surface area (Å²) in [5.41, 5.74) is 3.54. The number of benzene rings is 2. The molecule has 0 unspecified atom stereocenters. The van der Waals surface area contributed by atoms with Crippen molar-refractivity contribution in [2.45, 2.75) is 18.6 Å². The molecule has 0 aliphatic heterocycles. The van der Waals surface area contributed by atoms with Crippen LogP contribution < -0.4 is 5.43 Å². The lowest BCUT2D eigenvalue weighted by Crippen LogP contribution is -2.20. The summed E-state index contributed by atoms with van der Waals surface area (Å²) in [6, 6.07) is 11.8. The zero-order valence-electron chi connectivity index (χ0n) is 15.3. The number of hydrogen-bond donors (Lipinski definition) is 1. The summed E-state index contributed by atoms with van der Waals surface area (Å²) in [4.78, 5) is 12.1. The zero-order chi connectivity index (χ0) is 20.8. The Bertz CT molecular complexity index is 1040. The van der Waals surface area contributed by atoms with Gasteiger partial charge in [-0.2, -0.15) is 5.10 Å². The molecule has 1 amide bonds. The maximum Gasteiger partial charge on any atom is 0.250 e. The Labute approximate surface area is 184 Å². The van der Waals surface area contributed by atoms with Crippen LogP contribution in [-0.4, -0.2) is 32.6 Å². The number of amides is 1. The molecule has 0 aliphatic rings. The van der Waals surface area contributed by atoms with Gasteiger partial charge in [0.25, 0.3) is 5.91 Å². The monoisotopic (exact) mass is 495 g/mol. The van der Waals surface area contributed by atoms with Crippen molar-refractivity contribution >= 4 is 51.4 Å². The van der Waals surface area contributed by atoms with E-state index in [1.807, 2.05) is 23.6 Å². The Kier molecular flexibility index (Phi) is 7.40. The van der Waals surface area contributed by atoms with Gasteiger partial charge < -0.3 is 4.57 Å².